The zero-order chi connectivity index (χ0) is 26.9. The molecule has 0 spiro atoms. The van der Waals surface area contributed by atoms with Gasteiger partial charge in [-0.05, 0) is 80.6 Å². The fourth-order valence-corrected chi connectivity index (χ4v) is 7.88. The van der Waals surface area contributed by atoms with Gasteiger partial charge in [0.25, 0.3) is 5.91 Å². The molecule has 198 valence electrons. The number of hydrogen-bond acceptors (Lipinski definition) is 6. The van der Waals surface area contributed by atoms with E-state index in [0.29, 0.717) is 17.2 Å². The molecule has 2 aromatic heterocycles. The molecule has 0 bridgehead atoms. The number of aromatic nitrogens is 2. The van der Waals surface area contributed by atoms with E-state index in [1.165, 1.54) is 11.3 Å². The van der Waals surface area contributed by atoms with Crippen molar-refractivity contribution in [3.63, 3.8) is 0 Å². The number of amides is 1. The van der Waals surface area contributed by atoms with Crippen LogP contribution in [-0.2, 0) is 16.6 Å². The first kappa shape index (κ1) is 26.5. The Hall–Kier alpha value is -3.14. The molecule has 2 aromatic carbocycles. The Morgan fingerprint density at radius 3 is 2.50 bits per heavy atom. The minimum atomic E-state index is -3.63. The third-order valence-corrected chi connectivity index (χ3v) is 10.4. The quantitative estimate of drug-likeness (QED) is 0.278. The number of hydrogen-bond donors (Lipinski definition) is 0. The fraction of sp³-hybridized carbons (Fsp3) is 0.345. The molecule has 0 N–H and O–H groups in total. The molecule has 1 aliphatic rings. The molecule has 1 unspecified atom stereocenters. The highest BCUT2D eigenvalue weighted by Gasteiger charge is 2.33. The summed E-state index contributed by atoms with van der Waals surface area (Å²) in [7, 11) is -3.63. The number of carbonyl (C=O) groups excluding carboxylic acids is 1. The molecule has 1 atom stereocenters. The van der Waals surface area contributed by atoms with E-state index in [-0.39, 0.29) is 23.4 Å². The molecule has 3 heterocycles. The Labute approximate surface area is 228 Å². The first-order valence-corrected chi connectivity index (χ1v) is 15.3. The van der Waals surface area contributed by atoms with E-state index in [4.69, 9.17) is 4.98 Å². The molecule has 38 heavy (non-hydrogen) atoms. The van der Waals surface area contributed by atoms with Crippen molar-refractivity contribution in [2.24, 2.45) is 0 Å². The number of carbonyl (C=O) groups is 1. The molecular weight excluding hydrogens is 516 g/mol. The van der Waals surface area contributed by atoms with Gasteiger partial charge in [-0.3, -0.25) is 14.7 Å². The van der Waals surface area contributed by atoms with Crippen LogP contribution in [0.15, 0.2) is 65.7 Å². The van der Waals surface area contributed by atoms with Gasteiger partial charge >= 0.3 is 0 Å². The standard InChI is InChI=1S/C29H32N4O3S2/c1-4-24-10-6-8-18-33(24)38(35,36)25-15-13-22(14-16-25)28(34)32(19-23-9-5-7-17-30-23)29-31-26-20(2)11-12-21(3)27(26)37-29/h5,7,9,11-17,24H,4,6,8,10,18-19H2,1-3H3. The van der Waals surface area contributed by atoms with E-state index >= 15 is 0 Å². The number of piperidine rings is 1. The number of aryl methyl sites for hydroxylation is 2. The minimum absolute atomic E-state index is 0.0230. The average molecular weight is 549 g/mol. The van der Waals surface area contributed by atoms with Crippen molar-refractivity contribution in [3.05, 3.63) is 83.2 Å². The third-order valence-electron chi connectivity index (χ3n) is 7.21. The summed E-state index contributed by atoms with van der Waals surface area (Å²) < 4.78 is 29.5. The van der Waals surface area contributed by atoms with Crippen molar-refractivity contribution in [1.29, 1.82) is 0 Å². The summed E-state index contributed by atoms with van der Waals surface area (Å²) in [5.74, 6) is -0.252. The van der Waals surface area contributed by atoms with Gasteiger partial charge in [-0.25, -0.2) is 13.4 Å². The van der Waals surface area contributed by atoms with Crippen molar-refractivity contribution >= 4 is 42.6 Å². The number of anilines is 1. The van der Waals surface area contributed by atoms with Crippen LogP contribution in [0.5, 0.6) is 0 Å². The summed E-state index contributed by atoms with van der Waals surface area (Å²) in [5, 5.41) is 0.587. The number of rotatable bonds is 7. The number of fused-ring (bicyclic) bond motifs is 1. The molecule has 1 saturated heterocycles. The Morgan fingerprint density at radius 1 is 1.05 bits per heavy atom. The molecule has 1 amide bonds. The lowest BCUT2D eigenvalue weighted by Crippen LogP contribution is -2.43. The van der Waals surface area contributed by atoms with E-state index < -0.39 is 10.0 Å². The fourth-order valence-electron chi connectivity index (χ4n) is 5.00. The number of nitrogens with zero attached hydrogens (tertiary/aromatic N) is 4. The summed E-state index contributed by atoms with van der Waals surface area (Å²) in [6.45, 7) is 6.88. The highest BCUT2D eigenvalue weighted by atomic mass is 32.2. The van der Waals surface area contributed by atoms with Gasteiger partial charge in [-0.2, -0.15) is 4.31 Å². The lowest BCUT2D eigenvalue weighted by atomic mass is 10.0. The van der Waals surface area contributed by atoms with Crippen LogP contribution in [0.4, 0.5) is 5.13 Å². The van der Waals surface area contributed by atoms with Crippen LogP contribution in [-0.4, -0.2) is 41.2 Å². The summed E-state index contributed by atoms with van der Waals surface area (Å²) in [6.07, 6.45) is 5.30. The first-order chi connectivity index (χ1) is 18.3. The average Bonchev–Trinajstić information content (AvgIpc) is 3.41. The lowest BCUT2D eigenvalue weighted by Gasteiger charge is -2.34. The van der Waals surface area contributed by atoms with E-state index in [0.717, 1.165) is 52.7 Å². The molecule has 0 aliphatic carbocycles. The maximum absolute atomic E-state index is 13.9. The normalized spacial score (nSPS) is 16.6. The minimum Gasteiger partial charge on any atom is -0.278 e. The van der Waals surface area contributed by atoms with Crippen molar-refractivity contribution in [2.75, 3.05) is 11.4 Å². The molecule has 5 rings (SSSR count). The zero-order valence-electron chi connectivity index (χ0n) is 21.9. The predicted molar refractivity (Wildman–Crippen MR) is 152 cm³/mol. The van der Waals surface area contributed by atoms with Gasteiger partial charge in [0.1, 0.15) is 0 Å². The molecule has 1 aliphatic heterocycles. The highest BCUT2D eigenvalue weighted by Crippen LogP contribution is 2.34. The predicted octanol–water partition coefficient (Wildman–Crippen LogP) is 6.11. The summed E-state index contributed by atoms with van der Waals surface area (Å²) >= 11 is 1.48. The summed E-state index contributed by atoms with van der Waals surface area (Å²) in [5.41, 5.74) is 4.19. The highest BCUT2D eigenvalue weighted by molar-refractivity contribution is 7.89. The van der Waals surface area contributed by atoms with Crippen LogP contribution >= 0.6 is 11.3 Å². The van der Waals surface area contributed by atoms with Gasteiger partial charge in [-0.15, -0.1) is 0 Å². The maximum Gasteiger partial charge on any atom is 0.260 e. The second-order valence-electron chi connectivity index (χ2n) is 9.78. The Kier molecular flexibility index (Phi) is 7.61. The largest absolute Gasteiger partial charge is 0.278 e. The van der Waals surface area contributed by atoms with Gasteiger partial charge in [0.15, 0.2) is 5.13 Å². The monoisotopic (exact) mass is 548 g/mol. The molecule has 0 radical (unpaired) electrons. The van der Waals surface area contributed by atoms with E-state index in [9.17, 15) is 13.2 Å². The van der Waals surface area contributed by atoms with Gasteiger partial charge in [0.05, 0.1) is 27.4 Å². The molecule has 9 heteroatoms. The third kappa shape index (κ3) is 5.10. The Bertz CT molecular complexity index is 1510. The van der Waals surface area contributed by atoms with Crippen LogP contribution in [0.25, 0.3) is 10.2 Å². The van der Waals surface area contributed by atoms with Crippen LogP contribution < -0.4 is 4.90 Å². The van der Waals surface area contributed by atoms with Gasteiger partial charge < -0.3 is 0 Å². The number of sulfonamides is 1. The molecular formula is C29H32N4O3S2. The maximum atomic E-state index is 13.9. The number of benzene rings is 2. The van der Waals surface area contributed by atoms with E-state index in [1.54, 1.807) is 39.7 Å². The van der Waals surface area contributed by atoms with Crippen LogP contribution in [0, 0.1) is 13.8 Å². The zero-order valence-corrected chi connectivity index (χ0v) is 23.6. The van der Waals surface area contributed by atoms with Crippen molar-refractivity contribution < 1.29 is 13.2 Å². The van der Waals surface area contributed by atoms with Crippen LogP contribution in [0.3, 0.4) is 0 Å². The SMILES string of the molecule is CCC1CCCCN1S(=O)(=O)c1ccc(C(=O)N(Cc2ccccn2)c2nc3c(C)ccc(C)c3s2)cc1. The smallest absolute Gasteiger partial charge is 0.260 e. The lowest BCUT2D eigenvalue weighted by molar-refractivity contribution is 0.0984. The van der Waals surface area contributed by atoms with Crippen molar-refractivity contribution in [2.45, 2.75) is 63.9 Å². The topological polar surface area (TPSA) is 83.5 Å². The number of thiazole rings is 1. The van der Waals surface area contributed by atoms with Gasteiger partial charge in [0.2, 0.25) is 10.0 Å². The molecule has 0 saturated carbocycles. The van der Waals surface area contributed by atoms with Crippen LogP contribution in [0.1, 0.15) is 59.8 Å². The Balaban J connectivity index is 1.49. The molecule has 7 nitrogen and oxygen atoms in total. The van der Waals surface area contributed by atoms with E-state index in [1.807, 2.05) is 45.0 Å². The summed E-state index contributed by atoms with van der Waals surface area (Å²) in [4.78, 5) is 25.0. The Morgan fingerprint density at radius 2 is 1.82 bits per heavy atom. The summed E-state index contributed by atoms with van der Waals surface area (Å²) in [6, 6.07) is 16.0. The first-order valence-electron chi connectivity index (χ1n) is 13.0. The molecule has 4 aromatic rings. The number of pyridine rings is 1. The van der Waals surface area contributed by atoms with Crippen LogP contribution in [0.2, 0.25) is 0 Å². The van der Waals surface area contributed by atoms with Gasteiger partial charge in [-0.1, -0.05) is 42.9 Å². The van der Waals surface area contributed by atoms with Crippen molar-refractivity contribution in [3.8, 4) is 0 Å². The second-order valence-corrected chi connectivity index (χ2v) is 12.7. The molecule has 1 fully saturated rings. The van der Waals surface area contributed by atoms with Crippen molar-refractivity contribution in [1.82, 2.24) is 14.3 Å². The second kappa shape index (κ2) is 10.9. The van der Waals surface area contributed by atoms with Gasteiger partial charge in [0, 0.05) is 24.3 Å². The van der Waals surface area contributed by atoms with E-state index in [2.05, 4.69) is 11.1 Å².